The van der Waals surface area contributed by atoms with Crippen LogP contribution in [-0.2, 0) is 0 Å². The minimum atomic E-state index is 0.879. The molecule has 0 fully saturated rings. The fraction of sp³-hybridized carbons (Fsp3) is 0. The first kappa shape index (κ1) is 26.0. The van der Waals surface area contributed by atoms with Gasteiger partial charge in [-0.1, -0.05) is 109 Å². The number of furan rings is 1. The molecule has 0 radical (unpaired) electrons. The van der Waals surface area contributed by atoms with Gasteiger partial charge in [-0.25, -0.2) is 0 Å². The van der Waals surface area contributed by atoms with E-state index in [1.54, 1.807) is 0 Å². The molecule has 0 bridgehead atoms. The van der Waals surface area contributed by atoms with Gasteiger partial charge in [0.2, 0.25) is 5.71 Å². The van der Waals surface area contributed by atoms with Crippen molar-refractivity contribution in [1.82, 2.24) is 9.13 Å². The van der Waals surface area contributed by atoms with E-state index >= 15 is 0 Å². The number of aromatic nitrogens is 2. The highest BCUT2D eigenvalue weighted by atomic mass is 16.3. The fourth-order valence-corrected chi connectivity index (χ4v) is 7.37. The molecular weight excluding hydrogens is 572 g/mol. The molecule has 0 aliphatic rings. The van der Waals surface area contributed by atoms with Gasteiger partial charge in [-0.2, -0.15) is 0 Å². The van der Waals surface area contributed by atoms with Crippen molar-refractivity contribution < 1.29 is 4.42 Å². The van der Waals surface area contributed by atoms with Crippen LogP contribution in [0.15, 0.2) is 174 Å². The zero-order valence-corrected chi connectivity index (χ0v) is 25.5. The van der Waals surface area contributed by atoms with Gasteiger partial charge in [0.25, 0.3) is 0 Å². The maximum Gasteiger partial charge on any atom is 0.213 e. The van der Waals surface area contributed by atoms with Crippen LogP contribution < -0.4 is 0 Å². The molecule has 7 aromatic carbocycles. The molecule has 0 amide bonds. The molecule has 10 aromatic rings. The summed E-state index contributed by atoms with van der Waals surface area (Å²) in [5, 5.41) is 6.01. The van der Waals surface area contributed by atoms with Crippen molar-refractivity contribution in [3.05, 3.63) is 170 Å². The molecule has 0 unspecified atom stereocenters. The zero-order valence-electron chi connectivity index (χ0n) is 25.5. The molecule has 3 heteroatoms. The summed E-state index contributed by atoms with van der Waals surface area (Å²) >= 11 is 0. The minimum Gasteiger partial charge on any atom is -0.439 e. The molecule has 0 aliphatic heterocycles. The number of para-hydroxylation sites is 4. The number of rotatable bonds is 4. The number of hydrogen-bond donors (Lipinski definition) is 0. The Morgan fingerprint density at radius 2 is 0.851 bits per heavy atom. The van der Waals surface area contributed by atoms with Crippen LogP contribution in [0.1, 0.15) is 0 Å². The van der Waals surface area contributed by atoms with Crippen molar-refractivity contribution in [2.45, 2.75) is 0 Å². The summed E-state index contributed by atoms with van der Waals surface area (Å²) in [5.74, 6) is 0. The van der Waals surface area contributed by atoms with E-state index in [-0.39, 0.29) is 0 Å². The standard InChI is InChI=1S/C44H28N2O/c1-3-11-33(12-4-1)45-39-17-9-7-15-35(39)38-27-31(24-26-41(38)45)29-19-21-30(22-20-29)32-23-25-37-42(28-32)47-44-43(37)36-16-8-10-18-40(36)46(44)34-13-5-2-6-14-34/h1-28H. The summed E-state index contributed by atoms with van der Waals surface area (Å²) < 4.78 is 11.2. The second kappa shape index (κ2) is 10.1. The lowest BCUT2D eigenvalue weighted by molar-refractivity contribution is 0.645. The van der Waals surface area contributed by atoms with Crippen molar-refractivity contribution in [2.24, 2.45) is 0 Å². The third-order valence-corrected chi connectivity index (χ3v) is 9.54. The lowest BCUT2D eigenvalue weighted by Gasteiger charge is -2.08. The van der Waals surface area contributed by atoms with Crippen LogP contribution in [0.2, 0.25) is 0 Å². The maximum absolute atomic E-state index is 6.65. The molecule has 0 saturated carbocycles. The lowest BCUT2D eigenvalue weighted by atomic mass is 9.98. The highest BCUT2D eigenvalue weighted by molar-refractivity contribution is 6.20. The summed E-state index contributed by atoms with van der Waals surface area (Å²) in [6, 6.07) is 60.6. The van der Waals surface area contributed by atoms with E-state index in [2.05, 4.69) is 173 Å². The average Bonchev–Trinajstić information content (AvgIpc) is 3.78. The zero-order chi connectivity index (χ0) is 30.9. The monoisotopic (exact) mass is 600 g/mol. The summed E-state index contributed by atoms with van der Waals surface area (Å²) in [7, 11) is 0. The Morgan fingerprint density at radius 3 is 1.55 bits per heavy atom. The summed E-state index contributed by atoms with van der Waals surface area (Å²) in [6.07, 6.45) is 0. The molecule has 3 heterocycles. The third kappa shape index (κ3) is 3.93. The van der Waals surface area contributed by atoms with E-state index in [0.29, 0.717) is 0 Å². The second-order valence-corrected chi connectivity index (χ2v) is 12.2. The van der Waals surface area contributed by atoms with Crippen molar-refractivity contribution in [3.63, 3.8) is 0 Å². The molecule has 0 atom stereocenters. The molecule has 0 aliphatic carbocycles. The average molecular weight is 601 g/mol. The first-order valence-electron chi connectivity index (χ1n) is 16.0. The van der Waals surface area contributed by atoms with E-state index < -0.39 is 0 Å². The number of fused-ring (bicyclic) bond motifs is 8. The van der Waals surface area contributed by atoms with Crippen LogP contribution in [0.5, 0.6) is 0 Å². The normalized spacial score (nSPS) is 11.8. The van der Waals surface area contributed by atoms with Crippen molar-refractivity contribution in [2.75, 3.05) is 0 Å². The van der Waals surface area contributed by atoms with E-state index in [1.807, 2.05) is 6.07 Å². The van der Waals surface area contributed by atoms with Gasteiger partial charge in [0, 0.05) is 32.9 Å². The predicted molar refractivity (Wildman–Crippen MR) is 196 cm³/mol. The molecule has 3 nitrogen and oxygen atoms in total. The van der Waals surface area contributed by atoms with Crippen LogP contribution in [0.4, 0.5) is 0 Å². The topological polar surface area (TPSA) is 23.0 Å². The van der Waals surface area contributed by atoms with Crippen molar-refractivity contribution >= 4 is 54.8 Å². The van der Waals surface area contributed by atoms with Gasteiger partial charge in [-0.05, 0) is 82.9 Å². The van der Waals surface area contributed by atoms with Crippen molar-refractivity contribution in [1.29, 1.82) is 0 Å². The van der Waals surface area contributed by atoms with Crippen LogP contribution in [0.3, 0.4) is 0 Å². The van der Waals surface area contributed by atoms with Gasteiger partial charge >= 0.3 is 0 Å². The lowest BCUT2D eigenvalue weighted by Crippen LogP contribution is -1.92. The number of hydrogen-bond acceptors (Lipinski definition) is 1. The Bertz CT molecular complexity index is 2760. The van der Waals surface area contributed by atoms with Gasteiger partial charge in [0.05, 0.1) is 21.9 Å². The smallest absolute Gasteiger partial charge is 0.213 e. The molecule has 0 N–H and O–H groups in total. The highest BCUT2D eigenvalue weighted by Crippen LogP contribution is 2.41. The quantitative estimate of drug-likeness (QED) is 0.197. The SMILES string of the molecule is c1ccc(-n2c3ccccc3c3cc(-c4ccc(-c5ccc6c(c5)oc5c6c6ccccc6n5-c5ccccc5)cc4)ccc32)cc1. The molecule has 10 rings (SSSR count). The molecule has 0 spiro atoms. The van der Waals surface area contributed by atoms with Crippen LogP contribution in [0.25, 0.3) is 88.4 Å². The fourth-order valence-electron chi connectivity index (χ4n) is 7.37. The molecule has 47 heavy (non-hydrogen) atoms. The number of benzene rings is 7. The van der Waals surface area contributed by atoms with Crippen LogP contribution >= 0.6 is 0 Å². The highest BCUT2D eigenvalue weighted by Gasteiger charge is 2.19. The Balaban J connectivity index is 1.05. The van der Waals surface area contributed by atoms with E-state index in [1.165, 1.54) is 44.0 Å². The Labute approximate surface area is 271 Å². The Morgan fingerprint density at radius 1 is 0.340 bits per heavy atom. The van der Waals surface area contributed by atoms with Crippen LogP contribution in [0, 0.1) is 0 Å². The Kier molecular flexibility index (Phi) is 5.57. The third-order valence-electron chi connectivity index (χ3n) is 9.54. The van der Waals surface area contributed by atoms with Gasteiger partial charge in [-0.3, -0.25) is 4.57 Å². The maximum atomic E-state index is 6.65. The van der Waals surface area contributed by atoms with Gasteiger partial charge < -0.3 is 8.98 Å². The molecule has 220 valence electrons. The van der Waals surface area contributed by atoms with Crippen LogP contribution in [-0.4, -0.2) is 9.13 Å². The predicted octanol–water partition coefficient (Wildman–Crippen LogP) is 12.0. The molecular formula is C44H28N2O. The van der Waals surface area contributed by atoms with E-state index in [4.69, 9.17) is 4.42 Å². The second-order valence-electron chi connectivity index (χ2n) is 12.2. The van der Waals surface area contributed by atoms with E-state index in [0.717, 1.165) is 44.4 Å². The molecule has 3 aromatic heterocycles. The number of nitrogens with zero attached hydrogens (tertiary/aromatic N) is 2. The first-order valence-corrected chi connectivity index (χ1v) is 16.0. The first-order chi connectivity index (χ1) is 23.3. The summed E-state index contributed by atoms with van der Waals surface area (Å²) in [5.41, 5.74) is 12.3. The van der Waals surface area contributed by atoms with Gasteiger partial charge in [0.1, 0.15) is 5.58 Å². The summed E-state index contributed by atoms with van der Waals surface area (Å²) in [4.78, 5) is 0. The summed E-state index contributed by atoms with van der Waals surface area (Å²) in [6.45, 7) is 0. The van der Waals surface area contributed by atoms with E-state index in [9.17, 15) is 0 Å². The molecule has 0 saturated heterocycles. The van der Waals surface area contributed by atoms with Crippen molar-refractivity contribution in [3.8, 4) is 33.6 Å². The van der Waals surface area contributed by atoms with Gasteiger partial charge in [0.15, 0.2) is 0 Å². The van der Waals surface area contributed by atoms with Gasteiger partial charge in [-0.15, -0.1) is 0 Å². The largest absolute Gasteiger partial charge is 0.439 e. The Hall–Kier alpha value is -6.32. The minimum absolute atomic E-state index is 0.879.